The van der Waals surface area contributed by atoms with Gasteiger partial charge in [0.15, 0.2) is 0 Å². The van der Waals surface area contributed by atoms with E-state index in [1.807, 2.05) is 6.92 Å². The molecule has 0 saturated heterocycles. The Morgan fingerprint density at radius 1 is 1.61 bits per heavy atom. The van der Waals surface area contributed by atoms with Crippen LogP contribution in [0.2, 0.25) is 0 Å². The van der Waals surface area contributed by atoms with Gasteiger partial charge in [-0.15, -0.1) is 11.3 Å². The van der Waals surface area contributed by atoms with Crippen molar-refractivity contribution >= 4 is 38.6 Å². The van der Waals surface area contributed by atoms with Crippen LogP contribution in [0.1, 0.15) is 30.2 Å². The molecule has 3 N–H and O–H groups in total. The third-order valence-corrected chi connectivity index (χ3v) is 5.90. The van der Waals surface area contributed by atoms with Crippen LogP contribution in [0.5, 0.6) is 0 Å². The molecule has 0 amide bonds. The molecule has 0 radical (unpaired) electrons. The SMILES string of the molecule is CCc1cnc(CNS(=O)(=O)C(CC)C(N)=S)s1. The molecule has 1 aromatic rings. The number of nitrogens with two attached hydrogens (primary N) is 1. The van der Waals surface area contributed by atoms with Crippen molar-refractivity contribution in [2.75, 3.05) is 0 Å². The van der Waals surface area contributed by atoms with Gasteiger partial charge in [0.2, 0.25) is 10.0 Å². The molecule has 1 unspecified atom stereocenters. The fourth-order valence-electron chi connectivity index (χ4n) is 1.43. The maximum Gasteiger partial charge on any atom is 0.221 e. The topological polar surface area (TPSA) is 85.1 Å². The molecule has 0 bridgehead atoms. The van der Waals surface area contributed by atoms with Crippen LogP contribution >= 0.6 is 23.6 Å². The van der Waals surface area contributed by atoms with Crippen molar-refractivity contribution in [3.8, 4) is 0 Å². The van der Waals surface area contributed by atoms with Crippen molar-refractivity contribution in [3.63, 3.8) is 0 Å². The van der Waals surface area contributed by atoms with Crippen molar-refractivity contribution in [1.82, 2.24) is 9.71 Å². The van der Waals surface area contributed by atoms with E-state index in [4.69, 9.17) is 18.0 Å². The normalized spacial score (nSPS) is 13.4. The number of aryl methyl sites for hydroxylation is 1. The Hall–Kier alpha value is -0.570. The number of thiocarbonyl (C=S) groups is 1. The fourth-order valence-corrected chi connectivity index (χ4v) is 4.15. The molecular formula is C10H17N3O2S3. The molecule has 0 aromatic carbocycles. The number of thiazole rings is 1. The Balaban J connectivity index is 2.69. The molecule has 102 valence electrons. The van der Waals surface area contributed by atoms with E-state index in [0.717, 1.165) is 16.3 Å². The van der Waals surface area contributed by atoms with Crippen LogP contribution in [0.4, 0.5) is 0 Å². The highest BCUT2D eigenvalue weighted by Crippen LogP contribution is 2.14. The largest absolute Gasteiger partial charge is 0.392 e. The second-order valence-corrected chi connectivity index (χ2v) is 7.36. The lowest BCUT2D eigenvalue weighted by molar-refractivity contribution is 0.574. The first-order valence-electron chi connectivity index (χ1n) is 5.62. The van der Waals surface area contributed by atoms with E-state index in [1.165, 1.54) is 11.3 Å². The van der Waals surface area contributed by atoms with Gasteiger partial charge in [-0.3, -0.25) is 0 Å². The molecule has 1 aromatic heterocycles. The first kappa shape index (κ1) is 15.5. The average molecular weight is 307 g/mol. The van der Waals surface area contributed by atoms with E-state index in [0.29, 0.717) is 6.42 Å². The van der Waals surface area contributed by atoms with Gasteiger partial charge in [0.1, 0.15) is 10.3 Å². The van der Waals surface area contributed by atoms with Gasteiger partial charge >= 0.3 is 0 Å². The minimum absolute atomic E-state index is 0.00149. The number of rotatable bonds is 7. The zero-order chi connectivity index (χ0) is 13.8. The Bertz CT molecular complexity index is 510. The number of sulfonamides is 1. The molecule has 8 heteroatoms. The number of nitrogens with one attached hydrogen (secondary N) is 1. The first-order valence-corrected chi connectivity index (χ1v) is 8.39. The predicted octanol–water partition coefficient (Wildman–Crippen LogP) is 1.19. The zero-order valence-corrected chi connectivity index (χ0v) is 12.8. The lowest BCUT2D eigenvalue weighted by Crippen LogP contribution is -2.41. The highest BCUT2D eigenvalue weighted by atomic mass is 32.2. The third-order valence-electron chi connectivity index (χ3n) is 2.44. The van der Waals surface area contributed by atoms with Crippen molar-refractivity contribution in [3.05, 3.63) is 16.1 Å². The summed E-state index contributed by atoms with van der Waals surface area (Å²) in [5.41, 5.74) is 5.43. The molecule has 1 heterocycles. The van der Waals surface area contributed by atoms with E-state index < -0.39 is 15.3 Å². The van der Waals surface area contributed by atoms with Crippen molar-refractivity contribution < 1.29 is 8.42 Å². The quantitative estimate of drug-likeness (QED) is 0.739. The van der Waals surface area contributed by atoms with Crippen LogP contribution in [0, 0.1) is 0 Å². The molecule has 0 aliphatic heterocycles. The molecule has 5 nitrogen and oxygen atoms in total. The first-order chi connectivity index (χ1) is 8.40. The highest BCUT2D eigenvalue weighted by Gasteiger charge is 2.26. The van der Waals surface area contributed by atoms with Gasteiger partial charge in [0, 0.05) is 11.1 Å². The summed E-state index contributed by atoms with van der Waals surface area (Å²) in [4.78, 5) is 5.28. The zero-order valence-electron chi connectivity index (χ0n) is 10.3. The molecule has 1 rings (SSSR count). The Kier molecular flexibility index (Phi) is 5.64. The summed E-state index contributed by atoms with van der Waals surface area (Å²) in [6.45, 7) is 3.95. The minimum Gasteiger partial charge on any atom is -0.392 e. The molecular weight excluding hydrogens is 290 g/mol. The molecule has 0 saturated carbocycles. The summed E-state index contributed by atoms with van der Waals surface area (Å²) >= 11 is 6.26. The lowest BCUT2D eigenvalue weighted by atomic mass is 10.3. The summed E-state index contributed by atoms with van der Waals surface area (Å²) in [5, 5.41) is -0.0775. The van der Waals surface area contributed by atoms with Crippen LogP contribution in [-0.2, 0) is 23.0 Å². The third kappa shape index (κ3) is 3.98. The van der Waals surface area contributed by atoms with Crippen LogP contribution < -0.4 is 10.5 Å². The molecule has 0 aliphatic rings. The van der Waals surface area contributed by atoms with Gasteiger partial charge in [0.05, 0.1) is 11.5 Å². The van der Waals surface area contributed by atoms with Gasteiger partial charge in [0.25, 0.3) is 0 Å². The highest BCUT2D eigenvalue weighted by molar-refractivity contribution is 7.93. The minimum atomic E-state index is -3.52. The molecule has 18 heavy (non-hydrogen) atoms. The van der Waals surface area contributed by atoms with Crippen LogP contribution in [0.3, 0.4) is 0 Å². The second-order valence-electron chi connectivity index (χ2n) is 3.74. The summed E-state index contributed by atoms with van der Waals surface area (Å²) in [7, 11) is -3.52. The average Bonchev–Trinajstić information content (AvgIpc) is 2.74. The summed E-state index contributed by atoms with van der Waals surface area (Å²) in [6, 6.07) is 0. The van der Waals surface area contributed by atoms with E-state index in [1.54, 1.807) is 13.1 Å². The fraction of sp³-hybridized carbons (Fsp3) is 0.600. The Morgan fingerprint density at radius 3 is 2.72 bits per heavy atom. The van der Waals surface area contributed by atoms with Crippen molar-refractivity contribution in [1.29, 1.82) is 0 Å². The standard InChI is InChI=1S/C10H17N3O2S3/c1-3-7-5-12-9(17-7)6-13-18(14,15)8(4-2)10(11)16/h5,8,13H,3-4,6H2,1-2H3,(H2,11,16). The monoisotopic (exact) mass is 307 g/mol. The van der Waals surface area contributed by atoms with E-state index >= 15 is 0 Å². The van der Waals surface area contributed by atoms with Crippen molar-refractivity contribution in [2.24, 2.45) is 5.73 Å². The van der Waals surface area contributed by atoms with E-state index in [9.17, 15) is 8.42 Å². The van der Waals surface area contributed by atoms with Crippen LogP contribution in [0.15, 0.2) is 6.20 Å². The van der Waals surface area contributed by atoms with Gasteiger partial charge < -0.3 is 5.73 Å². The summed E-state index contributed by atoms with van der Waals surface area (Å²) in [5.74, 6) is 0. The van der Waals surface area contributed by atoms with Gasteiger partial charge in [-0.05, 0) is 12.8 Å². The molecule has 0 fully saturated rings. The smallest absolute Gasteiger partial charge is 0.221 e. The Labute approximate surface area is 117 Å². The summed E-state index contributed by atoms with van der Waals surface area (Å²) < 4.78 is 26.4. The van der Waals surface area contributed by atoms with Crippen LogP contribution in [0.25, 0.3) is 0 Å². The van der Waals surface area contributed by atoms with Crippen LogP contribution in [-0.4, -0.2) is 23.6 Å². The van der Waals surface area contributed by atoms with Gasteiger partial charge in [-0.25, -0.2) is 18.1 Å². The number of nitrogens with zero attached hydrogens (tertiary/aromatic N) is 1. The summed E-state index contributed by atoms with van der Waals surface area (Å²) in [6.07, 6.45) is 3.02. The molecule has 1 atom stereocenters. The van der Waals surface area contributed by atoms with Crippen molar-refractivity contribution in [2.45, 2.75) is 38.5 Å². The lowest BCUT2D eigenvalue weighted by Gasteiger charge is -2.14. The van der Waals surface area contributed by atoms with Gasteiger partial charge in [-0.1, -0.05) is 26.1 Å². The Morgan fingerprint density at radius 2 is 2.28 bits per heavy atom. The molecule has 0 spiro atoms. The second kappa shape index (κ2) is 6.55. The van der Waals surface area contributed by atoms with E-state index in [-0.39, 0.29) is 11.5 Å². The molecule has 0 aliphatic carbocycles. The van der Waals surface area contributed by atoms with Gasteiger partial charge in [-0.2, -0.15) is 0 Å². The number of hydrogen-bond donors (Lipinski definition) is 2. The van der Waals surface area contributed by atoms with E-state index in [2.05, 4.69) is 9.71 Å². The number of aromatic nitrogens is 1. The maximum absolute atomic E-state index is 12.0. The predicted molar refractivity (Wildman–Crippen MR) is 78.1 cm³/mol. The number of hydrogen-bond acceptors (Lipinski definition) is 5. The maximum atomic E-state index is 12.0.